The van der Waals surface area contributed by atoms with Gasteiger partial charge < -0.3 is 5.73 Å². The average Bonchev–Trinajstić information content (AvgIpc) is 2.25. The molecule has 2 N–H and O–H groups in total. The smallest absolute Gasteiger partial charge is 0.105 e. The van der Waals surface area contributed by atoms with E-state index < -0.39 is 0 Å². The van der Waals surface area contributed by atoms with E-state index in [0.717, 1.165) is 15.6 Å². The summed E-state index contributed by atoms with van der Waals surface area (Å²) in [5, 5.41) is 2.40. The zero-order chi connectivity index (χ0) is 11.5. The van der Waals surface area contributed by atoms with Gasteiger partial charge in [0.2, 0.25) is 0 Å². The van der Waals surface area contributed by atoms with Crippen LogP contribution in [0.4, 0.5) is 5.69 Å². The Kier molecular flexibility index (Phi) is 3.31. The minimum atomic E-state index is 0.631. The Morgan fingerprint density at radius 1 is 1.25 bits per heavy atom. The van der Waals surface area contributed by atoms with E-state index >= 15 is 0 Å². The normalized spacial score (nSPS) is 10.4. The SMILES string of the molecule is Cc1cc(N)cnc1Sc1ccc(Cl)cn1. The molecule has 0 aliphatic heterocycles. The molecule has 82 valence electrons. The molecule has 0 unspecified atom stereocenters. The molecule has 0 bridgehead atoms. The van der Waals surface area contributed by atoms with Crippen molar-refractivity contribution in [1.29, 1.82) is 0 Å². The molecular weight excluding hydrogens is 242 g/mol. The lowest BCUT2D eigenvalue weighted by molar-refractivity contribution is 1.06. The van der Waals surface area contributed by atoms with E-state index in [9.17, 15) is 0 Å². The van der Waals surface area contributed by atoms with Crippen molar-refractivity contribution >= 4 is 29.1 Å². The molecule has 2 heterocycles. The maximum Gasteiger partial charge on any atom is 0.105 e. The first-order valence-electron chi connectivity index (χ1n) is 4.66. The predicted molar refractivity (Wildman–Crippen MR) is 66.8 cm³/mol. The van der Waals surface area contributed by atoms with Crippen molar-refractivity contribution in [1.82, 2.24) is 9.97 Å². The summed E-state index contributed by atoms with van der Waals surface area (Å²) in [5.41, 5.74) is 7.35. The second-order valence-corrected chi connectivity index (χ2v) is 4.75. The molecule has 16 heavy (non-hydrogen) atoms. The summed E-state index contributed by atoms with van der Waals surface area (Å²) in [6, 6.07) is 5.57. The number of anilines is 1. The number of aryl methyl sites for hydroxylation is 1. The molecule has 0 spiro atoms. The summed E-state index contributed by atoms with van der Waals surface area (Å²) < 4.78 is 0. The summed E-state index contributed by atoms with van der Waals surface area (Å²) in [7, 11) is 0. The van der Waals surface area contributed by atoms with Gasteiger partial charge in [-0.1, -0.05) is 11.6 Å². The predicted octanol–water partition coefficient (Wildman–Crippen LogP) is 3.17. The molecule has 0 saturated heterocycles. The molecule has 0 aromatic carbocycles. The first-order chi connectivity index (χ1) is 7.65. The summed E-state index contributed by atoms with van der Waals surface area (Å²) >= 11 is 7.26. The fourth-order valence-corrected chi connectivity index (χ4v) is 2.09. The van der Waals surface area contributed by atoms with Crippen molar-refractivity contribution in [3.63, 3.8) is 0 Å². The van der Waals surface area contributed by atoms with Crippen molar-refractivity contribution in [2.75, 3.05) is 5.73 Å². The minimum absolute atomic E-state index is 0.631. The van der Waals surface area contributed by atoms with Crippen LogP contribution in [0.15, 0.2) is 40.6 Å². The largest absolute Gasteiger partial charge is 0.397 e. The number of hydrogen-bond donors (Lipinski definition) is 1. The van der Waals surface area contributed by atoms with E-state index in [4.69, 9.17) is 17.3 Å². The Labute approximate surface area is 103 Å². The van der Waals surface area contributed by atoms with E-state index in [-0.39, 0.29) is 0 Å². The van der Waals surface area contributed by atoms with E-state index in [1.165, 1.54) is 11.8 Å². The van der Waals surface area contributed by atoms with Gasteiger partial charge in [-0.05, 0) is 42.4 Å². The van der Waals surface area contributed by atoms with Gasteiger partial charge in [-0.15, -0.1) is 0 Å². The van der Waals surface area contributed by atoms with Crippen LogP contribution in [-0.2, 0) is 0 Å². The molecule has 5 heteroatoms. The third-order valence-corrected chi connectivity index (χ3v) is 3.25. The average molecular weight is 252 g/mol. The molecule has 2 aromatic rings. The molecule has 0 atom stereocenters. The summed E-state index contributed by atoms with van der Waals surface area (Å²) in [6.07, 6.45) is 3.27. The van der Waals surface area contributed by atoms with Crippen LogP contribution in [0.3, 0.4) is 0 Å². The number of nitrogens with two attached hydrogens (primary N) is 1. The van der Waals surface area contributed by atoms with Crippen molar-refractivity contribution < 1.29 is 0 Å². The topological polar surface area (TPSA) is 51.8 Å². The number of rotatable bonds is 2. The Hall–Kier alpha value is -1.26. The standard InChI is InChI=1S/C11H10ClN3S/c1-7-4-9(13)6-15-11(7)16-10-3-2-8(12)5-14-10/h2-6H,13H2,1H3. The zero-order valence-corrected chi connectivity index (χ0v) is 10.2. The fourth-order valence-electron chi connectivity index (χ4n) is 1.21. The van der Waals surface area contributed by atoms with Gasteiger partial charge in [-0.25, -0.2) is 9.97 Å². The van der Waals surface area contributed by atoms with Crippen LogP contribution in [0.2, 0.25) is 5.02 Å². The van der Waals surface area contributed by atoms with E-state index in [0.29, 0.717) is 10.7 Å². The highest BCUT2D eigenvalue weighted by Gasteiger charge is 2.04. The molecule has 0 saturated carbocycles. The maximum atomic E-state index is 5.76. The van der Waals surface area contributed by atoms with Crippen LogP contribution in [0.5, 0.6) is 0 Å². The van der Waals surface area contributed by atoms with Crippen molar-refractivity contribution in [2.24, 2.45) is 0 Å². The Bertz CT molecular complexity index is 499. The van der Waals surface area contributed by atoms with E-state index in [2.05, 4.69) is 9.97 Å². The summed E-state index contributed by atoms with van der Waals surface area (Å²) in [4.78, 5) is 8.46. The molecular formula is C11H10ClN3S. The molecule has 0 amide bonds. The highest BCUT2D eigenvalue weighted by molar-refractivity contribution is 7.99. The van der Waals surface area contributed by atoms with Crippen LogP contribution < -0.4 is 5.73 Å². The van der Waals surface area contributed by atoms with Crippen LogP contribution in [0.25, 0.3) is 0 Å². The van der Waals surface area contributed by atoms with Crippen LogP contribution >= 0.6 is 23.4 Å². The zero-order valence-electron chi connectivity index (χ0n) is 8.64. The molecule has 2 aromatic heterocycles. The second-order valence-electron chi connectivity index (χ2n) is 3.31. The third kappa shape index (κ3) is 2.65. The Morgan fingerprint density at radius 2 is 2.06 bits per heavy atom. The minimum Gasteiger partial charge on any atom is -0.397 e. The molecule has 2 rings (SSSR count). The quantitative estimate of drug-likeness (QED) is 0.891. The van der Waals surface area contributed by atoms with Gasteiger partial charge in [0.25, 0.3) is 0 Å². The number of halogens is 1. The monoisotopic (exact) mass is 251 g/mol. The lowest BCUT2D eigenvalue weighted by Crippen LogP contribution is -1.91. The van der Waals surface area contributed by atoms with Gasteiger partial charge in [0.05, 0.1) is 16.9 Å². The van der Waals surface area contributed by atoms with Crippen molar-refractivity contribution in [2.45, 2.75) is 17.0 Å². The molecule has 0 aliphatic rings. The fraction of sp³-hybridized carbons (Fsp3) is 0.0909. The summed E-state index contributed by atoms with van der Waals surface area (Å²) in [5.74, 6) is 0. The second kappa shape index (κ2) is 4.72. The van der Waals surface area contributed by atoms with Gasteiger partial charge >= 0.3 is 0 Å². The van der Waals surface area contributed by atoms with Crippen LogP contribution in [0.1, 0.15) is 5.56 Å². The number of hydrogen-bond acceptors (Lipinski definition) is 4. The van der Waals surface area contributed by atoms with Crippen LogP contribution in [0, 0.1) is 6.92 Å². The molecule has 0 fully saturated rings. The molecule has 3 nitrogen and oxygen atoms in total. The molecule has 0 radical (unpaired) electrons. The van der Waals surface area contributed by atoms with Gasteiger partial charge in [-0.2, -0.15) is 0 Å². The lowest BCUT2D eigenvalue weighted by atomic mass is 10.3. The number of nitrogens with zero attached hydrogens (tertiary/aromatic N) is 2. The maximum absolute atomic E-state index is 5.76. The van der Waals surface area contributed by atoms with E-state index in [1.54, 1.807) is 12.4 Å². The van der Waals surface area contributed by atoms with Gasteiger partial charge in [0, 0.05) is 6.20 Å². The lowest BCUT2D eigenvalue weighted by Gasteiger charge is -2.04. The molecule has 0 aliphatic carbocycles. The van der Waals surface area contributed by atoms with Gasteiger partial charge in [-0.3, -0.25) is 0 Å². The number of nitrogen functional groups attached to an aromatic ring is 1. The van der Waals surface area contributed by atoms with Crippen molar-refractivity contribution in [3.8, 4) is 0 Å². The number of aromatic nitrogens is 2. The number of pyridine rings is 2. The first-order valence-corrected chi connectivity index (χ1v) is 5.86. The Morgan fingerprint density at radius 3 is 2.69 bits per heavy atom. The summed E-state index contributed by atoms with van der Waals surface area (Å²) in [6.45, 7) is 1.97. The first kappa shape index (κ1) is 11.2. The Balaban J connectivity index is 2.23. The van der Waals surface area contributed by atoms with Gasteiger partial charge in [0.15, 0.2) is 0 Å². The van der Waals surface area contributed by atoms with Gasteiger partial charge in [0.1, 0.15) is 10.1 Å². The van der Waals surface area contributed by atoms with E-state index in [1.807, 2.05) is 25.1 Å². The third-order valence-electron chi connectivity index (χ3n) is 1.95. The highest BCUT2D eigenvalue weighted by Crippen LogP contribution is 2.28. The highest BCUT2D eigenvalue weighted by atomic mass is 35.5. The van der Waals surface area contributed by atoms with Crippen LogP contribution in [-0.4, -0.2) is 9.97 Å². The van der Waals surface area contributed by atoms with Crippen molar-refractivity contribution in [3.05, 3.63) is 41.2 Å².